The summed E-state index contributed by atoms with van der Waals surface area (Å²) < 4.78 is 23.1. The summed E-state index contributed by atoms with van der Waals surface area (Å²) in [6.07, 6.45) is 0.640. The Morgan fingerprint density at radius 1 is 1.04 bits per heavy atom. The van der Waals surface area contributed by atoms with Crippen LogP contribution in [-0.2, 0) is 20.7 Å². The maximum atomic E-state index is 12.8. The van der Waals surface area contributed by atoms with Crippen molar-refractivity contribution < 1.29 is 23.5 Å². The Morgan fingerprint density at radius 2 is 1.73 bits per heavy atom. The van der Waals surface area contributed by atoms with Crippen LogP contribution >= 0.6 is 0 Å². The molecule has 1 N–H and O–H groups in total. The molecule has 0 spiro atoms. The number of benzene rings is 2. The zero-order valence-electron chi connectivity index (χ0n) is 14.7. The first-order valence-electron chi connectivity index (χ1n) is 8.39. The van der Waals surface area contributed by atoms with Crippen LogP contribution in [0.4, 0.5) is 4.39 Å². The minimum Gasteiger partial charge on any atom is -0.493 e. The van der Waals surface area contributed by atoms with Gasteiger partial charge in [0.1, 0.15) is 11.6 Å². The number of ether oxygens (including phenoxy) is 2. The van der Waals surface area contributed by atoms with Crippen LogP contribution in [-0.4, -0.2) is 31.6 Å². The van der Waals surface area contributed by atoms with Crippen LogP contribution in [0.2, 0.25) is 0 Å². The molecule has 2 rings (SSSR count). The fourth-order valence-corrected chi connectivity index (χ4v) is 2.15. The second kappa shape index (κ2) is 10.2. The molecule has 26 heavy (non-hydrogen) atoms. The van der Waals surface area contributed by atoms with Gasteiger partial charge in [-0.15, -0.1) is 0 Å². The average molecular weight is 359 g/mol. The number of halogens is 1. The topological polar surface area (TPSA) is 64.6 Å². The minimum absolute atomic E-state index is 0.0662. The van der Waals surface area contributed by atoms with Gasteiger partial charge in [0.2, 0.25) is 0 Å². The Kier molecular flexibility index (Phi) is 7.61. The van der Waals surface area contributed by atoms with Gasteiger partial charge in [0, 0.05) is 6.54 Å². The lowest BCUT2D eigenvalue weighted by molar-refractivity contribution is -0.149. The van der Waals surface area contributed by atoms with Gasteiger partial charge in [-0.25, -0.2) is 4.39 Å². The van der Waals surface area contributed by atoms with E-state index in [9.17, 15) is 14.0 Å². The molecule has 0 unspecified atom stereocenters. The average Bonchev–Trinajstić information content (AvgIpc) is 2.63. The highest BCUT2D eigenvalue weighted by atomic mass is 19.1. The van der Waals surface area contributed by atoms with Crippen molar-refractivity contribution in [1.29, 1.82) is 0 Å². The highest BCUT2D eigenvalue weighted by Gasteiger charge is 2.08. The first-order chi connectivity index (χ1) is 12.5. The van der Waals surface area contributed by atoms with Gasteiger partial charge in [0.15, 0.2) is 6.61 Å². The van der Waals surface area contributed by atoms with Gasteiger partial charge < -0.3 is 14.8 Å². The first-order valence-corrected chi connectivity index (χ1v) is 8.39. The predicted molar refractivity (Wildman–Crippen MR) is 95.4 cm³/mol. The number of carbonyl (C=O) groups is 2. The van der Waals surface area contributed by atoms with Crippen LogP contribution < -0.4 is 10.1 Å². The SMILES string of the molecule is Cc1ccc(OCCC(=O)OCC(=O)NCCc2ccc(F)cc2)cc1. The molecule has 0 atom stereocenters. The van der Waals surface area contributed by atoms with Crippen molar-refractivity contribution in [3.63, 3.8) is 0 Å². The van der Waals surface area contributed by atoms with Gasteiger partial charge in [-0.1, -0.05) is 29.8 Å². The second-order valence-electron chi connectivity index (χ2n) is 5.80. The van der Waals surface area contributed by atoms with Gasteiger partial charge in [0.05, 0.1) is 13.0 Å². The summed E-state index contributed by atoms with van der Waals surface area (Å²) in [5, 5.41) is 2.65. The third kappa shape index (κ3) is 7.34. The summed E-state index contributed by atoms with van der Waals surface area (Å²) in [6, 6.07) is 13.6. The summed E-state index contributed by atoms with van der Waals surface area (Å²) >= 11 is 0. The Morgan fingerprint density at radius 3 is 2.42 bits per heavy atom. The molecule has 0 aromatic heterocycles. The molecular formula is C20H22FNO4. The van der Waals surface area contributed by atoms with Crippen molar-refractivity contribution in [2.45, 2.75) is 19.8 Å². The quantitative estimate of drug-likeness (QED) is 0.699. The van der Waals surface area contributed by atoms with E-state index in [1.807, 2.05) is 31.2 Å². The maximum Gasteiger partial charge on any atom is 0.309 e. The summed E-state index contributed by atoms with van der Waals surface area (Å²) in [5.74, 6) is -0.483. The number of hydrogen-bond acceptors (Lipinski definition) is 4. The first kappa shape index (κ1) is 19.4. The van der Waals surface area contributed by atoms with Crippen molar-refractivity contribution in [3.8, 4) is 5.75 Å². The lowest BCUT2D eigenvalue weighted by Gasteiger charge is -2.08. The van der Waals surface area contributed by atoms with Crippen LogP contribution in [0.15, 0.2) is 48.5 Å². The lowest BCUT2D eigenvalue weighted by Crippen LogP contribution is -2.30. The summed E-state index contributed by atoms with van der Waals surface area (Å²) in [7, 11) is 0. The predicted octanol–water partition coefficient (Wildman–Crippen LogP) is 2.81. The highest BCUT2D eigenvalue weighted by Crippen LogP contribution is 2.11. The number of amides is 1. The Labute approximate surface area is 152 Å². The van der Waals surface area contributed by atoms with Gasteiger partial charge >= 0.3 is 5.97 Å². The molecule has 138 valence electrons. The third-order valence-electron chi connectivity index (χ3n) is 3.61. The van der Waals surface area contributed by atoms with Gasteiger partial charge in [0.25, 0.3) is 5.91 Å². The van der Waals surface area contributed by atoms with Crippen molar-refractivity contribution in [1.82, 2.24) is 5.32 Å². The molecule has 6 heteroatoms. The third-order valence-corrected chi connectivity index (χ3v) is 3.61. The van der Waals surface area contributed by atoms with E-state index in [2.05, 4.69) is 5.32 Å². The molecule has 0 heterocycles. The van der Waals surface area contributed by atoms with Crippen LogP contribution in [0.3, 0.4) is 0 Å². The molecule has 0 aliphatic heterocycles. The number of rotatable bonds is 9. The van der Waals surface area contributed by atoms with Gasteiger partial charge in [-0.3, -0.25) is 9.59 Å². The van der Waals surface area contributed by atoms with Crippen LogP contribution in [0, 0.1) is 12.7 Å². The van der Waals surface area contributed by atoms with E-state index >= 15 is 0 Å². The molecular weight excluding hydrogens is 337 g/mol. The van der Waals surface area contributed by atoms with E-state index in [1.54, 1.807) is 12.1 Å². The van der Waals surface area contributed by atoms with Crippen molar-refractivity contribution in [3.05, 3.63) is 65.5 Å². The highest BCUT2D eigenvalue weighted by molar-refractivity contribution is 5.80. The number of carbonyl (C=O) groups excluding carboxylic acids is 2. The van der Waals surface area contributed by atoms with E-state index in [1.165, 1.54) is 12.1 Å². The van der Waals surface area contributed by atoms with Crippen molar-refractivity contribution in [2.24, 2.45) is 0 Å². The largest absolute Gasteiger partial charge is 0.493 e. The fourth-order valence-electron chi connectivity index (χ4n) is 2.15. The van der Waals surface area contributed by atoms with Gasteiger partial charge in [-0.05, 0) is 43.2 Å². The normalized spacial score (nSPS) is 10.2. The zero-order valence-corrected chi connectivity index (χ0v) is 14.7. The molecule has 0 saturated heterocycles. The van der Waals surface area contributed by atoms with E-state index in [-0.39, 0.29) is 31.4 Å². The standard InChI is InChI=1S/C20H22FNO4/c1-15-2-8-18(9-3-15)25-13-11-20(24)26-14-19(23)22-12-10-16-4-6-17(21)7-5-16/h2-9H,10-14H2,1H3,(H,22,23). The van der Waals surface area contributed by atoms with Crippen LogP contribution in [0.1, 0.15) is 17.5 Å². The zero-order chi connectivity index (χ0) is 18.8. The molecule has 5 nitrogen and oxygen atoms in total. The van der Waals surface area contributed by atoms with E-state index in [0.717, 1.165) is 11.1 Å². The monoisotopic (exact) mass is 359 g/mol. The van der Waals surface area contributed by atoms with Crippen LogP contribution in [0.25, 0.3) is 0 Å². The molecule has 0 aliphatic carbocycles. The molecule has 0 fully saturated rings. The number of aryl methyl sites for hydroxylation is 1. The van der Waals surface area contributed by atoms with E-state index < -0.39 is 5.97 Å². The Bertz CT molecular complexity index is 650. The van der Waals surface area contributed by atoms with Gasteiger partial charge in [-0.2, -0.15) is 0 Å². The van der Waals surface area contributed by atoms with Crippen LogP contribution in [0.5, 0.6) is 5.75 Å². The van der Waals surface area contributed by atoms with E-state index in [0.29, 0.717) is 18.7 Å². The van der Waals surface area contributed by atoms with E-state index in [4.69, 9.17) is 9.47 Å². The van der Waals surface area contributed by atoms with Crippen molar-refractivity contribution >= 4 is 11.9 Å². The summed E-state index contributed by atoms with van der Waals surface area (Å²) in [4.78, 5) is 23.2. The smallest absolute Gasteiger partial charge is 0.309 e. The molecule has 2 aromatic carbocycles. The molecule has 0 radical (unpaired) electrons. The Balaban J connectivity index is 1.55. The summed E-state index contributed by atoms with van der Waals surface area (Å²) in [6.45, 7) is 2.23. The summed E-state index contributed by atoms with van der Waals surface area (Å²) in [5.41, 5.74) is 2.04. The van der Waals surface area contributed by atoms with Crippen molar-refractivity contribution in [2.75, 3.05) is 19.8 Å². The molecule has 2 aromatic rings. The molecule has 0 saturated carbocycles. The molecule has 1 amide bonds. The number of hydrogen-bond donors (Lipinski definition) is 1. The minimum atomic E-state index is -0.495. The molecule has 0 aliphatic rings. The second-order valence-corrected chi connectivity index (χ2v) is 5.80. The molecule has 0 bridgehead atoms. The number of esters is 1. The fraction of sp³-hybridized carbons (Fsp3) is 0.300. The number of nitrogens with one attached hydrogen (secondary N) is 1. The Hall–Kier alpha value is -2.89. The lowest BCUT2D eigenvalue weighted by atomic mass is 10.1. The maximum absolute atomic E-state index is 12.8.